The van der Waals surface area contributed by atoms with Crippen molar-refractivity contribution in [2.45, 2.75) is 0 Å². The molecule has 0 saturated heterocycles. The van der Waals surface area contributed by atoms with E-state index in [1.807, 2.05) is 0 Å². The molecule has 0 aliphatic carbocycles. The lowest BCUT2D eigenvalue weighted by atomic mass is 10.2. The van der Waals surface area contributed by atoms with Gasteiger partial charge in [0.25, 0.3) is 10.5 Å². The third kappa shape index (κ3) is 2.40. The summed E-state index contributed by atoms with van der Waals surface area (Å²) in [6, 6.07) is 2.64. The van der Waals surface area contributed by atoms with Crippen LogP contribution in [-0.2, 0) is 0 Å². The highest BCUT2D eigenvalue weighted by atomic mass is 35.5. The van der Waals surface area contributed by atoms with Crippen molar-refractivity contribution in [1.82, 2.24) is 4.98 Å². The molecular weight excluding hydrogens is 236 g/mol. The fourth-order valence-corrected chi connectivity index (χ4v) is 1.19. The zero-order chi connectivity index (χ0) is 10.0. The first-order valence-electron chi connectivity index (χ1n) is 3.08. The van der Waals surface area contributed by atoms with Gasteiger partial charge >= 0.3 is 0 Å². The molecule has 6 heteroatoms. The molecule has 1 heterocycles. The number of carbonyl (C=O) groups is 2. The Bertz CT molecular complexity index is 378. The lowest BCUT2D eigenvalue weighted by molar-refractivity contribution is 0.104. The minimum atomic E-state index is -0.869. The molecule has 1 aromatic rings. The lowest BCUT2D eigenvalue weighted by Crippen LogP contribution is -2.03. The number of rotatable bonds is 2. The highest BCUT2D eigenvalue weighted by Crippen LogP contribution is 2.15. The van der Waals surface area contributed by atoms with Crippen LogP contribution in [0.2, 0.25) is 5.15 Å². The van der Waals surface area contributed by atoms with E-state index >= 15 is 0 Å². The molecule has 0 N–H and O–H groups in total. The Morgan fingerprint density at radius 3 is 2.23 bits per heavy atom. The Hall–Kier alpha value is -0.640. The van der Waals surface area contributed by atoms with E-state index in [0.717, 1.165) is 0 Å². The smallest absolute Gasteiger partial charge is 0.271 e. The quantitative estimate of drug-likeness (QED) is 0.587. The Morgan fingerprint density at radius 2 is 1.77 bits per heavy atom. The fraction of sp³-hybridized carbons (Fsp3) is 0. The topological polar surface area (TPSA) is 47.0 Å². The third-order valence-corrected chi connectivity index (χ3v) is 1.85. The Balaban J connectivity index is 3.35. The maximum Gasteiger partial charge on any atom is 0.271 e. The Labute approximate surface area is 88.6 Å². The van der Waals surface area contributed by atoms with Crippen molar-refractivity contribution in [1.29, 1.82) is 0 Å². The van der Waals surface area contributed by atoms with E-state index in [4.69, 9.17) is 34.8 Å². The highest BCUT2D eigenvalue weighted by Gasteiger charge is 2.15. The summed E-state index contributed by atoms with van der Waals surface area (Å²) in [5.41, 5.74) is -0.278. The van der Waals surface area contributed by atoms with Crippen molar-refractivity contribution < 1.29 is 9.59 Å². The molecule has 0 atom stereocenters. The van der Waals surface area contributed by atoms with Crippen molar-refractivity contribution in [2.75, 3.05) is 0 Å². The van der Waals surface area contributed by atoms with Crippen LogP contribution in [0.25, 0.3) is 0 Å². The molecule has 13 heavy (non-hydrogen) atoms. The van der Waals surface area contributed by atoms with Crippen LogP contribution in [-0.4, -0.2) is 15.5 Å². The third-order valence-electron chi connectivity index (χ3n) is 1.26. The fourth-order valence-electron chi connectivity index (χ4n) is 0.744. The zero-order valence-corrected chi connectivity index (χ0v) is 8.32. The summed E-state index contributed by atoms with van der Waals surface area (Å²) in [6.07, 6.45) is 0. The van der Waals surface area contributed by atoms with Gasteiger partial charge in [0.15, 0.2) is 0 Å². The summed E-state index contributed by atoms with van der Waals surface area (Å²) >= 11 is 15.8. The second-order valence-electron chi connectivity index (χ2n) is 2.08. The van der Waals surface area contributed by atoms with Gasteiger partial charge in [0.05, 0.1) is 5.56 Å². The van der Waals surface area contributed by atoms with Gasteiger partial charge in [-0.1, -0.05) is 11.6 Å². The lowest BCUT2D eigenvalue weighted by Gasteiger charge is -1.99. The summed E-state index contributed by atoms with van der Waals surface area (Å²) < 4.78 is 0. The van der Waals surface area contributed by atoms with Crippen molar-refractivity contribution >= 4 is 45.3 Å². The van der Waals surface area contributed by atoms with Crippen LogP contribution in [0.1, 0.15) is 20.8 Å². The summed E-state index contributed by atoms with van der Waals surface area (Å²) in [5.74, 6) is 0. The molecule has 1 rings (SSSR count). The van der Waals surface area contributed by atoms with Crippen LogP contribution in [0.3, 0.4) is 0 Å². The molecule has 0 saturated carbocycles. The number of nitrogens with zero attached hydrogens (tertiary/aromatic N) is 1. The van der Waals surface area contributed by atoms with Crippen LogP contribution in [0.4, 0.5) is 0 Å². The molecule has 0 amide bonds. The minimum absolute atomic E-state index is 0.0499. The second kappa shape index (κ2) is 4.05. The van der Waals surface area contributed by atoms with Gasteiger partial charge in [-0.3, -0.25) is 9.59 Å². The van der Waals surface area contributed by atoms with Crippen LogP contribution < -0.4 is 0 Å². The molecule has 0 radical (unpaired) electrons. The van der Waals surface area contributed by atoms with E-state index in [-0.39, 0.29) is 16.4 Å². The van der Waals surface area contributed by atoms with Crippen molar-refractivity contribution in [3.05, 3.63) is 28.5 Å². The molecule has 68 valence electrons. The molecular formula is C7H2Cl3NO2. The molecule has 0 aromatic carbocycles. The van der Waals surface area contributed by atoms with E-state index < -0.39 is 10.5 Å². The van der Waals surface area contributed by atoms with Gasteiger partial charge in [0.2, 0.25) is 0 Å². The minimum Gasteiger partial charge on any atom is -0.276 e. The molecule has 0 bridgehead atoms. The van der Waals surface area contributed by atoms with Crippen LogP contribution in [0, 0.1) is 0 Å². The van der Waals surface area contributed by atoms with E-state index in [1.165, 1.54) is 12.1 Å². The summed E-state index contributed by atoms with van der Waals surface area (Å²) in [5, 5.41) is -1.59. The molecule has 3 nitrogen and oxygen atoms in total. The van der Waals surface area contributed by atoms with Gasteiger partial charge in [-0.2, -0.15) is 0 Å². The predicted molar refractivity (Wildman–Crippen MR) is 49.6 cm³/mol. The average Bonchev–Trinajstić information content (AvgIpc) is 2.03. The molecule has 0 fully saturated rings. The number of aromatic nitrogens is 1. The largest absolute Gasteiger partial charge is 0.276 e. The summed E-state index contributed by atoms with van der Waals surface area (Å²) in [4.78, 5) is 25.1. The normalized spacial score (nSPS) is 9.77. The van der Waals surface area contributed by atoms with Gasteiger partial charge in [-0.15, -0.1) is 0 Å². The predicted octanol–water partition coefficient (Wildman–Crippen LogP) is 2.49. The number of hydrogen-bond acceptors (Lipinski definition) is 3. The Kier molecular flexibility index (Phi) is 3.25. The van der Waals surface area contributed by atoms with E-state index in [9.17, 15) is 9.59 Å². The molecule has 0 spiro atoms. The van der Waals surface area contributed by atoms with Crippen LogP contribution in [0.15, 0.2) is 12.1 Å². The van der Waals surface area contributed by atoms with Gasteiger partial charge in [-0.25, -0.2) is 4.98 Å². The van der Waals surface area contributed by atoms with Crippen molar-refractivity contribution in [3.8, 4) is 0 Å². The van der Waals surface area contributed by atoms with Gasteiger partial charge in [0.1, 0.15) is 10.8 Å². The standard InChI is InChI=1S/C7H2Cl3NO2/c8-4-2-1-3(6(9)12)5(11-4)7(10)13/h1-2H. The summed E-state index contributed by atoms with van der Waals surface area (Å²) in [6.45, 7) is 0. The molecule has 1 aromatic heterocycles. The van der Waals surface area contributed by atoms with Crippen molar-refractivity contribution in [2.24, 2.45) is 0 Å². The van der Waals surface area contributed by atoms with Gasteiger partial charge in [-0.05, 0) is 35.3 Å². The molecule has 0 aliphatic heterocycles. The van der Waals surface area contributed by atoms with Crippen molar-refractivity contribution in [3.63, 3.8) is 0 Å². The number of hydrogen-bond donors (Lipinski definition) is 0. The van der Waals surface area contributed by atoms with E-state index in [1.54, 1.807) is 0 Å². The number of carbonyl (C=O) groups excluding carboxylic acids is 2. The number of pyridine rings is 1. The maximum absolute atomic E-state index is 10.8. The molecule has 0 unspecified atom stereocenters. The Morgan fingerprint density at radius 1 is 1.15 bits per heavy atom. The van der Waals surface area contributed by atoms with E-state index in [0.29, 0.717) is 0 Å². The second-order valence-corrected chi connectivity index (χ2v) is 3.15. The first-order chi connectivity index (χ1) is 6.02. The molecule has 0 aliphatic rings. The SMILES string of the molecule is O=C(Cl)c1ccc(Cl)nc1C(=O)Cl. The first kappa shape index (κ1) is 10.4. The zero-order valence-electron chi connectivity index (χ0n) is 6.05. The summed E-state index contributed by atoms with van der Waals surface area (Å²) in [7, 11) is 0. The highest BCUT2D eigenvalue weighted by molar-refractivity contribution is 6.71. The average molecular weight is 238 g/mol. The van der Waals surface area contributed by atoms with Gasteiger partial charge in [0, 0.05) is 0 Å². The maximum atomic E-state index is 10.8. The van der Waals surface area contributed by atoms with Crippen LogP contribution >= 0.6 is 34.8 Å². The number of halogens is 3. The van der Waals surface area contributed by atoms with E-state index in [2.05, 4.69) is 4.98 Å². The van der Waals surface area contributed by atoms with Gasteiger partial charge < -0.3 is 0 Å². The monoisotopic (exact) mass is 237 g/mol. The van der Waals surface area contributed by atoms with Crippen LogP contribution in [0.5, 0.6) is 0 Å². The first-order valence-corrected chi connectivity index (χ1v) is 4.22.